The van der Waals surface area contributed by atoms with E-state index in [-0.39, 0.29) is 0 Å². The van der Waals surface area contributed by atoms with Crippen molar-refractivity contribution in [3.63, 3.8) is 0 Å². The van der Waals surface area contributed by atoms with Gasteiger partial charge in [-0.3, -0.25) is 0 Å². The minimum Gasteiger partial charge on any atom is -0.0622 e. The van der Waals surface area contributed by atoms with E-state index in [0.29, 0.717) is 5.41 Å². The van der Waals surface area contributed by atoms with Gasteiger partial charge in [0.25, 0.3) is 0 Å². The zero-order valence-corrected chi connectivity index (χ0v) is 11.2. The second kappa shape index (κ2) is 3.79. The van der Waals surface area contributed by atoms with Crippen LogP contribution in [-0.2, 0) is 0 Å². The third-order valence-corrected chi connectivity index (χ3v) is 5.66. The summed E-state index contributed by atoms with van der Waals surface area (Å²) in [4.78, 5) is 0. The molecule has 15 heavy (non-hydrogen) atoms. The molecule has 0 aliphatic heterocycles. The minimum absolute atomic E-state index is 0.621. The van der Waals surface area contributed by atoms with Crippen molar-refractivity contribution in [3.8, 4) is 0 Å². The van der Waals surface area contributed by atoms with Gasteiger partial charge in [0, 0.05) is 0 Å². The van der Waals surface area contributed by atoms with Crippen molar-refractivity contribution in [1.29, 1.82) is 0 Å². The highest BCUT2D eigenvalue weighted by Crippen LogP contribution is 2.52. The van der Waals surface area contributed by atoms with E-state index >= 15 is 0 Å². The molecule has 2 aliphatic rings. The van der Waals surface area contributed by atoms with Gasteiger partial charge >= 0.3 is 0 Å². The first kappa shape index (κ1) is 11.5. The molecule has 0 aromatic carbocycles. The topological polar surface area (TPSA) is 0 Å². The van der Waals surface area contributed by atoms with E-state index in [1.54, 1.807) is 0 Å². The Morgan fingerprint density at radius 2 is 1.67 bits per heavy atom. The van der Waals surface area contributed by atoms with Crippen molar-refractivity contribution in [2.45, 2.75) is 60.3 Å². The second-order valence-corrected chi connectivity index (χ2v) is 7.26. The standard InChI is InChI=1S/C15H28/c1-10-8-13-6-7-15(4,5)9-14(13)12(3)11(10)2/h10-14H,6-9H2,1-5H3. The molecule has 0 nitrogen and oxygen atoms in total. The minimum atomic E-state index is 0.621. The zero-order valence-electron chi connectivity index (χ0n) is 11.2. The lowest BCUT2D eigenvalue weighted by Gasteiger charge is -2.50. The highest BCUT2D eigenvalue weighted by atomic mass is 14.5. The van der Waals surface area contributed by atoms with E-state index in [2.05, 4.69) is 34.6 Å². The van der Waals surface area contributed by atoms with Gasteiger partial charge in [-0.25, -0.2) is 0 Å². The molecule has 0 aromatic rings. The first-order chi connectivity index (χ1) is 6.91. The maximum Gasteiger partial charge on any atom is -0.0351 e. The highest BCUT2D eigenvalue weighted by molar-refractivity contribution is 4.93. The average molecular weight is 208 g/mol. The van der Waals surface area contributed by atoms with Crippen LogP contribution in [0.3, 0.4) is 0 Å². The summed E-state index contributed by atoms with van der Waals surface area (Å²) in [5, 5.41) is 0. The van der Waals surface area contributed by atoms with Gasteiger partial charge in [-0.15, -0.1) is 0 Å². The average Bonchev–Trinajstić information content (AvgIpc) is 2.16. The molecule has 0 amide bonds. The van der Waals surface area contributed by atoms with Crippen LogP contribution in [0.1, 0.15) is 60.3 Å². The molecule has 0 heteroatoms. The van der Waals surface area contributed by atoms with Gasteiger partial charge in [0.05, 0.1) is 0 Å². The Balaban J connectivity index is 2.12. The Kier molecular flexibility index (Phi) is 2.90. The summed E-state index contributed by atoms with van der Waals surface area (Å²) >= 11 is 0. The first-order valence-electron chi connectivity index (χ1n) is 6.91. The quantitative estimate of drug-likeness (QED) is 0.539. The summed E-state index contributed by atoms with van der Waals surface area (Å²) in [6.07, 6.45) is 5.95. The molecule has 2 aliphatic carbocycles. The van der Waals surface area contributed by atoms with Crippen LogP contribution in [0.4, 0.5) is 0 Å². The van der Waals surface area contributed by atoms with Gasteiger partial charge in [-0.1, -0.05) is 34.6 Å². The summed E-state index contributed by atoms with van der Waals surface area (Å²) in [6.45, 7) is 12.4. The predicted molar refractivity (Wildman–Crippen MR) is 66.7 cm³/mol. The van der Waals surface area contributed by atoms with Crippen molar-refractivity contribution < 1.29 is 0 Å². The van der Waals surface area contributed by atoms with E-state index in [1.165, 1.54) is 25.7 Å². The highest BCUT2D eigenvalue weighted by Gasteiger charge is 2.43. The van der Waals surface area contributed by atoms with Crippen molar-refractivity contribution >= 4 is 0 Å². The fourth-order valence-corrected chi connectivity index (χ4v) is 4.21. The lowest BCUT2D eigenvalue weighted by Crippen LogP contribution is -2.42. The van der Waals surface area contributed by atoms with Crippen LogP contribution < -0.4 is 0 Å². The van der Waals surface area contributed by atoms with Gasteiger partial charge in [0.15, 0.2) is 0 Å². The molecule has 0 N–H and O–H groups in total. The SMILES string of the molecule is CC1CC2CCC(C)(C)CC2C(C)C1C. The van der Waals surface area contributed by atoms with E-state index in [0.717, 1.165) is 29.6 Å². The lowest BCUT2D eigenvalue weighted by molar-refractivity contribution is -0.00662. The largest absolute Gasteiger partial charge is 0.0622 e. The fourth-order valence-electron chi connectivity index (χ4n) is 4.21. The van der Waals surface area contributed by atoms with Crippen LogP contribution in [0.25, 0.3) is 0 Å². The normalized spacial score (nSPS) is 49.8. The number of hydrogen-bond donors (Lipinski definition) is 0. The maximum atomic E-state index is 2.51. The van der Waals surface area contributed by atoms with E-state index in [9.17, 15) is 0 Å². The molecule has 0 saturated heterocycles. The smallest absolute Gasteiger partial charge is 0.0351 e. The van der Waals surface area contributed by atoms with Gasteiger partial charge in [0.1, 0.15) is 0 Å². The van der Waals surface area contributed by atoms with E-state index in [1.807, 2.05) is 0 Å². The van der Waals surface area contributed by atoms with E-state index < -0.39 is 0 Å². The van der Waals surface area contributed by atoms with Crippen molar-refractivity contribution in [2.24, 2.45) is 35.0 Å². The molecule has 0 spiro atoms. The molecule has 5 unspecified atom stereocenters. The Bertz CT molecular complexity index is 226. The van der Waals surface area contributed by atoms with Crippen LogP contribution in [0.5, 0.6) is 0 Å². The summed E-state index contributed by atoms with van der Waals surface area (Å²) in [5.74, 6) is 4.94. The van der Waals surface area contributed by atoms with Crippen LogP contribution in [-0.4, -0.2) is 0 Å². The summed E-state index contributed by atoms with van der Waals surface area (Å²) in [7, 11) is 0. The molecule has 0 radical (unpaired) electrons. The molecular formula is C15H28. The van der Waals surface area contributed by atoms with Gasteiger partial charge in [0.2, 0.25) is 0 Å². The third-order valence-electron chi connectivity index (χ3n) is 5.66. The van der Waals surface area contributed by atoms with E-state index in [4.69, 9.17) is 0 Å². The molecule has 0 bridgehead atoms. The maximum absolute atomic E-state index is 2.51. The Labute approximate surface area is 95.8 Å². The Hall–Kier alpha value is 0. The van der Waals surface area contributed by atoms with Gasteiger partial charge in [-0.2, -0.15) is 0 Å². The summed E-state index contributed by atoms with van der Waals surface area (Å²) < 4.78 is 0. The van der Waals surface area contributed by atoms with Crippen molar-refractivity contribution in [2.75, 3.05) is 0 Å². The molecule has 88 valence electrons. The van der Waals surface area contributed by atoms with Crippen LogP contribution >= 0.6 is 0 Å². The second-order valence-electron chi connectivity index (χ2n) is 7.26. The summed E-state index contributed by atoms with van der Waals surface area (Å²) in [5.41, 5.74) is 0.621. The molecule has 2 rings (SSSR count). The zero-order chi connectivity index (χ0) is 11.2. The van der Waals surface area contributed by atoms with Crippen molar-refractivity contribution in [3.05, 3.63) is 0 Å². The Morgan fingerprint density at radius 1 is 1.00 bits per heavy atom. The molecule has 5 atom stereocenters. The summed E-state index contributed by atoms with van der Waals surface area (Å²) in [6, 6.07) is 0. The molecular weight excluding hydrogens is 180 g/mol. The first-order valence-corrected chi connectivity index (χ1v) is 6.91. The van der Waals surface area contributed by atoms with Gasteiger partial charge < -0.3 is 0 Å². The molecule has 2 fully saturated rings. The predicted octanol–water partition coefficient (Wildman–Crippen LogP) is 4.74. The molecule has 2 saturated carbocycles. The van der Waals surface area contributed by atoms with Crippen LogP contribution in [0, 0.1) is 35.0 Å². The van der Waals surface area contributed by atoms with Crippen LogP contribution in [0.2, 0.25) is 0 Å². The fraction of sp³-hybridized carbons (Fsp3) is 1.00. The lowest BCUT2D eigenvalue weighted by atomic mass is 9.55. The van der Waals surface area contributed by atoms with Gasteiger partial charge in [-0.05, 0) is 60.7 Å². The number of hydrogen-bond acceptors (Lipinski definition) is 0. The number of rotatable bonds is 0. The molecule has 0 heterocycles. The van der Waals surface area contributed by atoms with Crippen LogP contribution in [0.15, 0.2) is 0 Å². The monoisotopic (exact) mass is 208 g/mol. The number of fused-ring (bicyclic) bond motifs is 1. The van der Waals surface area contributed by atoms with Crippen molar-refractivity contribution in [1.82, 2.24) is 0 Å². The molecule has 0 aromatic heterocycles. The third kappa shape index (κ3) is 2.10. The Morgan fingerprint density at radius 3 is 2.33 bits per heavy atom.